The highest BCUT2D eigenvalue weighted by atomic mass is 16.4. The van der Waals surface area contributed by atoms with Crippen molar-refractivity contribution in [2.75, 3.05) is 5.32 Å². The quantitative estimate of drug-likeness (QED) is 0.907. The molecule has 0 amide bonds. The van der Waals surface area contributed by atoms with Crippen LogP contribution in [0.1, 0.15) is 48.2 Å². The number of aryl methyl sites for hydroxylation is 2. The predicted octanol–water partition coefficient (Wildman–Crippen LogP) is 2.72. The van der Waals surface area contributed by atoms with E-state index < -0.39 is 5.97 Å². The number of anilines is 1. The van der Waals surface area contributed by atoms with Gasteiger partial charge in [0.2, 0.25) is 0 Å². The standard InChI is InChI=1S/C15H20N4O2/c1-9-12-13(17-10-6-4-3-5-7-10)11(15(20)21)8-16-14(12)19(2)18-9/h8,10H,3-7H2,1-2H3,(H,16,17)(H,20,21). The number of rotatable bonds is 3. The van der Waals surface area contributed by atoms with Crippen LogP contribution >= 0.6 is 0 Å². The van der Waals surface area contributed by atoms with Crippen molar-refractivity contribution in [1.29, 1.82) is 0 Å². The fourth-order valence-electron chi connectivity index (χ4n) is 3.17. The second kappa shape index (κ2) is 5.35. The van der Waals surface area contributed by atoms with Gasteiger partial charge in [0, 0.05) is 19.3 Å². The predicted molar refractivity (Wildman–Crippen MR) is 80.7 cm³/mol. The number of nitrogens with one attached hydrogen (secondary N) is 1. The minimum atomic E-state index is -0.953. The highest BCUT2D eigenvalue weighted by molar-refractivity contribution is 6.04. The van der Waals surface area contributed by atoms with Crippen LogP contribution in [0.25, 0.3) is 11.0 Å². The zero-order valence-corrected chi connectivity index (χ0v) is 12.4. The van der Waals surface area contributed by atoms with Gasteiger partial charge >= 0.3 is 5.97 Å². The van der Waals surface area contributed by atoms with E-state index in [9.17, 15) is 9.90 Å². The number of carbonyl (C=O) groups is 1. The number of pyridine rings is 1. The Morgan fingerprint density at radius 3 is 2.76 bits per heavy atom. The van der Waals surface area contributed by atoms with Gasteiger partial charge in [-0.05, 0) is 19.8 Å². The third-order valence-corrected chi connectivity index (χ3v) is 4.21. The number of hydrogen-bond donors (Lipinski definition) is 2. The first kappa shape index (κ1) is 13.9. The molecule has 1 aliphatic rings. The molecule has 21 heavy (non-hydrogen) atoms. The minimum absolute atomic E-state index is 0.226. The Kier molecular flexibility index (Phi) is 3.53. The Morgan fingerprint density at radius 1 is 1.38 bits per heavy atom. The summed E-state index contributed by atoms with van der Waals surface area (Å²) in [6.07, 6.45) is 7.25. The Balaban J connectivity index is 2.11. The number of carboxylic acids is 1. The van der Waals surface area contributed by atoms with Crippen LogP contribution in [0.5, 0.6) is 0 Å². The van der Waals surface area contributed by atoms with Crippen LogP contribution in [0.3, 0.4) is 0 Å². The van der Waals surface area contributed by atoms with E-state index in [1.807, 2.05) is 14.0 Å². The Bertz CT molecular complexity index is 687. The monoisotopic (exact) mass is 288 g/mol. The number of aromatic carboxylic acids is 1. The summed E-state index contributed by atoms with van der Waals surface area (Å²) >= 11 is 0. The van der Waals surface area contributed by atoms with Crippen molar-refractivity contribution in [3.8, 4) is 0 Å². The second-order valence-corrected chi connectivity index (χ2v) is 5.74. The molecule has 2 N–H and O–H groups in total. The zero-order valence-electron chi connectivity index (χ0n) is 12.4. The van der Waals surface area contributed by atoms with Gasteiger partial charge in [-0.3, -0.25) is 4.68 Å². The molecule has 6 heteroatoms. The lowest BCUT2D eigenvalue weighted by atomic mass is 9.95. The average Bonchev–Trinajstić information content (AvgIpc) is 2.75. The van der Waals surface area contributed by atoms with Gasteiger partial charge in [0.15, 0.2) is 5.65 Å². The van der Waals surface area contributed by atoms with E-state index in [-0.39, 0.29) is 5.56 Å². The first-order chi connectivity index (χ1) is 10.1. The summed E-state index contributed by atoms with van der Waals surface area (Å²) in [6.45, 7) is 1.89. The molecular formula is C15H20N4O2. The van der Waals surface area contributed by atoms with Gasteiger partial charge in [0.1, 0.15) is 5.56 Å². The van der Waals surface area contributed by atoms with Crippen molar-refractivity contribution >= 4 is 22.7 Å². The number of aromatic nitrogens is 3. The molecule has 0 aliphatic heterocycles. The van der Waals surface area contributed by atoms with Crippen LogP contribution in [-0.2, 0) is 7.05 Å². The molecule has 0 spiro atoms. The molecule has 2 aromatic heterocycles. The van der Waals surface area contributed by atoms with Crippen molar-refractivity contribution in [3.05, 3.63) is 17.5 Å². The molecule has 2 aromatic rings. The third-order valence-electron chi connectivity index (χ3n) is 4.21. The summed E-state index contributed by atoms with van der Waals surface area (Å²) in [7, 11) is 1.83. The van der Waals surface area contributed by atoms with E-state index in [0.29, 0.717) is 11.7 Å². The molecule has 6 nitrogen and oxygen atoms in total. The van der Waals surface area contributed by atoms with Crippen LogP contribution in [0, 0.1) is 6.92 Å². The van der Waals surface area contributed by atoms with Crippen LogP contribution in [0.2, 0.25) is 0 Å². The lowest BCUT2D eigenvalue weighted by Gasteiger charge is -2.25. The van der Waals surface area contributed by atoms with Crippen molar-refractivity contribution in [2.24, 2.45) is 7.05 Å². The normalized spacial score (nSPS) is 16.3. The van der Waals surface area contributed by atoms with Crippen LogP contribution in [0.15, 0.2) is 6.20 Å². The van der Waals surface area contributed by atoms with Crippen LogP contribution < -0.4 is 5.32 Å². The van der Waals surface area contributed by atoms with Gasteiger partial charge < -0.3 is 10.4 Å². The molecule has 2 heterocycles. The highest BCUT2D eigenvalue weighted by Gasteiger charge is 2.22. The molecule has 1 fully saturated rings. The summed E-state index contributed by atoms with van der Waals surface area (Å²) in [4.78, 5) is 15.8. The Labute approximate surface area is 123 Å². The molecule has 3 rings (SSSR count). The minimum Gasteiger partial charge on any atom is -0.478 e. The zero-order chi connectivity index (χ0) is 15.0. The maximum absolute atomic E-state index is 11.5. The number of nitrogens with zero attached hydrogens (tertiary/aromatic N) is 3. The fraction of sp³-hybridized carbons (Fsp3) is 0.533. The first-order valence-corrected chi connectivity index (χ1v) is 7.40. The highest BCUT2D eigenvalue weighted by Crippen LogP contribution is 2.31. The number of hydrogen-bond acceptors (Lipinski definition) is 4. The van der Waals surface area contributed by atoms with E-state index in [1.165, 1.54) is 25.5 Å². The van der Waals surface area contributed by atoms with Crippen molar-refractivity contribution in [2.45, 2.75) is 45.1 Å². The van der Waals surface area contributed by atoms with E-state index in [2.05, 4.69) is 15.4 Å². The molecule has 0 radical (unpaired) electrons. The molecule has 112 valence electrons. The first-order valence-electron chi connectivity index (χ1n) is 7.40. The number of fused-ring (bicyclic) bond motifs is 1. The second-order valence-electron chi connectivity index (χ2n) is 5.74. The molecule has 0 saturated heterocycles. The van der Waals surface area contributed by atoms with Crippen LogP contribution in [-0.4, -0.2) is 31.9 Å². The fourth-order valence-corrected chi connectivity index (χ4v) is 3.17. The van der Waals surface area contributed by atoms with Gasteiger partial charge in [0.25, 0.3) is 0 Å². The molecule has 0 aromatic carbocycles. The van der Waals surface area contributed by atoms with Gasteiger partial charge in [-0.15, -0.1) is 0 Å². The smallest absolute Gasteiger partial charge is 0.339 e. The maximum atomic E-state index is 11.5. The summed E-state index contributed by atoms with van der Waals surface area (Å²) < 4.78 is 1.70. The van der Waals surface area contributed by atoms with E-state index >= 15 is 0 Å². The average molecular weight is 288 g/mol. The summed E-state index contributed by atoms with van der Waals surface area (Å²) in [5.74, 6) is -0.953. The Morgan fingerprint density at radius 2 is 2.10 bits per heavy atom. The summed E-state index contributed by atoms with van der Waals surface area (Å²) in [5.41, 5.74) is 2.42. The SMILES string of the molecule is Cc1nn(C)c2ncc(C(=O)O)c(NC3CCCCC3)c12. The van der Waals surface area contributed by atoms with Gasteiger partial charge in [-0.25, -0.2) is 9.78 Å². The lowest BCUT2D eigenvalue weighted by Crippen LogP contribution is -2.24. The molecule has 1 saturated carbocycles. The van der Waals surface area contributed by atoms with Crippen LogP contribution in [0.4, 0.5) is 5.69 Å². The van der Waals surface area contributed by atoms with Gasteiger partial charge in [0.05, 0.1) is 16.8 Å². The van der Waals surface area contributed by atoms with Gasteiger partial charge in [-0.2, -0.15) is 5.10 Å². The number of carboxylic acid groups (broad SMARTS) is 1. The van der Waals surface area contributed by atoms with Crippen molar-refractivity contribution in [1.82, 2.24) is 14.8 Å². The topological polar surface area (TPSA) is 80.0 Å². The van der Waals surface area contributed by atoms with Crippen molar-refractivity contribution < 1.29 is 9.90 Å². The molecule has 1 aliphatic carbocycles. The lowest BCUT2D eigenvalue weighted by molar-refractivity contribution is 0.0697. The third kappa shape index (κ3) is 2.46. The van der Waals surface area contributed by atoms with Crippen molar-refractivity contribution in [3.63, 3.8) is 0 Å². The largest absolute Gasteiger partial charge is 0.478 e. The van der Waals surface area contributed by atoms with Gasteiger partial charge in [-0.1, -0.05) is 19.3 Å². The van der Waals surface area contributed by atoms with E-state index in [4.69, 9.17) is 0 Å². The summed E-state index contributed by atoms with van der Waals surface area (Å²) in [5, 5.41) is 18.1. The van der Waals surface area contributed by atoms with E-state index in [0.717, 1.165) is 29.6 Å². The Hall–Kier alpha value is -2.11. The van der Waals surface area contributed by atoms with E-state index in [1.54, 1.807) is 4.68 Å². The molecular weight excluding hydrogens is 268 g/mol. The maximum Gasteiger partial charge on any atom is 0.339 e. The molecule has 0 unspecified atom stereocenters. The molecule has 0 atom stereocenters. The molecule has 0 bridgehead atoms. The summed E-state index contributed by atoms with van der Waals surface area (Å²) in [6, 6.07) is 0.335.